The van der Waals surface area contributed by atoms with Crippen molar-refractivity contribution in [3.8, 4) is 0 Å². The van der Waals surface area contributed by atoms with Gasteiger partial charge in [-0.05, 0) is 55.9 Å². The number of rotatable bonds is 4. The van der Waals surface area contributed by atoms with Crippen LogP contribution in [0.25, 0.3) is 0 Å². The van der Waals surface area contributed by atoms with Crippen molar-refractivity contribution in [1.82, 2.24) is 14.7 Å². The van der Waals surface area contributed by atoms with Crippen LogP contribution in [0.5, 0.6) is 0 Å². The maximum atomic E-state index is 12.8. The zero-order valence-electron chi connectivity index (χ0n) is 19.4. The molecule has 1 aromatic rings. The van der Waals surface area contributed by atoms with Crippen molar-refractivity contribution in [3.63, 3.8) is 0 Å². The molecule has 32 heavy (non-hydrogen) atoms. The predicted molar refractivity (Wildman–Crippen MR) is 129 cm³/mol. The Hall–Kier alpha value is -2.44. The number of aliphatic hydroxyl groups is 1. The van der Waals surface area contributed by atoms with E-state index in [0.29, 0.717) is 12.1 Å². The van der Waals surface area contributed by atoms with E-state index < -0.39 is 0 Å². The summed E-state index contributed by atoms with van der Waals surface area (Å²) in [5, 5.41) is 9.46. The van der Waals surface area contributed by atoms with Crippen LogP contribution in [0.2, 0.25) is 0 Å². The smallest absolute Gasteiger partial charge is 0.253 e. The summed E-state index contributed by atoms with van der Waals surface area (Å²) in [4.78, 5) is 24.6. The van der Waals surface area contributed by atoms with Gasteiger partial charge in [0.15, 0.2) is 0 Å². The molecule has 1 unspecified atom stereocenters. The lowest BCUT2D eigenvalue weighted by molar-refractivity contribution is 0.0302. The fraction of sp³-hybridized carbons (Fsp3) is 0.538. The van der Waals surface area contributed by atoms with Gasteiger partial charge in [0.25, 0.3) is 5.91 Å². The number of aliphatic imine (C=N–C) groups is 1. The maximum Gasteiger partial charge on any atom is 0.253 e. The summed E-state index contributed by atoms with van der Waals surface area (Å²) in [6.45, 7) is 9.10. The third-order valence-corrected chi connectivity index (χ3v) is 7.14. The molecule has 1 amide bonds. The Morgan fingerprint density at radius 3 is 2.56 bits per heavy atom. The van der Waals surface area contributed by atoms with Gasteiger partial charge in [0.1, 0.15) is 5.84 Å². The minimum absolute atomic E-state index is 0.0669. The number of likely N-dealkylation sites (tertiary alicyclic amines) is 1. The van der Waals surface area contributed by atoms with E-state index in [9.17, 15) is 9.90 Å². The fourth-order valence-corrected chi connectivity index (χ4v) is 5.19. The number of nitrogens with zero attached hydrogens (tertiary/aromatic N) is 4. The van der Waals surface area contributed by atoms with Crippen molar-refractivity contribution in [2.45, 2.75) is 51.6 Å². The average Bonchev–Trinajstić information content (AvgIpc) is 3.05. The predicted octanol–water partition coefficient (Wildman–Crippen LogP) is 3.31. The van der Waals surface area contributed by atoms with Gasteiger partial charge in [-0.15, -0.1) is 0 Å². The SMILES string of the molecule is CCC1CN(C2=NC=C(CO)CC=C2C)CCN1C1CCN(C(=O)c2ccccc2)CC1. The molecule has 6 heteroatoms. The van der Waals surface area contributed by atoms with Gasteiger partial charge in [0.2, 0.25) is 0 Å². The molecule has 172 valence electrons. The lowest BCUT2D eigenvalue weighted by Gasteiger charge is -2.48. The number of allylic oxidation sites excluding steroid dienone is 1. The van der Waals surface area contributed by atoms with Gasteiger partial charge in [0, 0.05) is 56.6 Å². The number of hydrogen-bond donors (Lipinski definition) is 1. The van der Waals surface area contributed by atoms with Crippen LogP contribution >= 0.6 is 0 Å². The van der Waals surface area contributed by atoms with E-state index in [0.717, 1.165) is 75.4 Å². The van der Waals surface area contributed by atoms with Crippen LogP contribution in [0.15, 0.2) is 58.7 Å². The Morgan fingerprint density at radius 2 is 1.88 bits per heavy atom. The first-order chi connectivity index (χ1) is 15.6. The van der Waals surface area contributed by atoms with Crippen molar-refractivity contribution >= 4 is 11.7 Å². The van der Waals surface area contributed by atoms with E-state index in [2.05, 4.69) is 29.7 Å². The number of aliphatic hydroxyl groups excluding tert-OH is 1. The molecule has 1 atom stereocenters. The van der Waals surface area contributed by atoms with Crippen LogP contribution in [-0.2, 0) is 0 Å². The second-order valence-corrected chi connectivity index (χ2v) is 9.12. The quantitative estimate of drug-likeness (QED) is 0.787. The molecule has 4 rings (SSSR count). The Bertz CT molecular complexity index is 884. The van der Waals surface area contributed by atoms with Crippen LogP contribution in [0, 0.1) is 0 Å². The summed E-state index contributed by atoms with van der Waals surface area (Å²) in [5.41, 5.74) is 2.94. The molecule has 1 N–H and O–H groups in total. The van der Waals surface area contributed by atoms with Crippen molar-refractivity contribution in [3.05, 3.63) is 59.3 Å². The largest absolute Gasteiger partial charge is 0.392 e. The van der Waals surface area contributed by atoms with Crippen LogP contribution in [0.4, 0.5) is 0 Å². The highest BCUT2D eigenvalue weighted by Gasteiger charge is 2.35. The summed E-state index contributed by atoms with van der Waals surface area (Å²) < 4.78 is 0. The summed E-state index contributed by atoms with van der Waals surface area (Å²) in [5.74, 6) is 1.21. The second kappa shape index (κ2) is 10.5. The standard InChI is InChI=1S/C26H36N4O2/c1-3-23-18-29(25-20(2)9-10-21(19-31)17-27-25)15-16-30(23)24-11-13-28(14-12-24)26(32)22-7-5-4-6-8-22/h4-9,17,23-24,31H,3,10-16,18-19H2,1-2H3. The Kier molecular flexibility index (Phi) is 7.43. The molecular formula is C26H36N4O2. The topological polar surface area (TPSA) is 59.4 Å². The Balaban J connectivity index is 1.37. The summed E-state index contributed by atoms with van der Waals surface area (Å²) in [7, 11) is 0. The molecule has 0 bridgehead atoms. The molecule has 3 aliphatic heterocycles. The fourth-order valence-electron chi connectivity index (χ4n) is 5.19. The highest BCUT2D eigenvalue weighted by molar-refractivity contribution is 5.98. The van der Waals surface area contributed by atoms with E-state index in [4.69, 9.17) is 4.99 Å². The van der Waals surface area contributed by atoms with Gasteiger partial charge >= 0.3 is 0 Å². The van der Waals surface area contributed by atoms with Gasteiger partial charge < -0.3 is 14.9 Å². The zero-order chi connectivity index (χ0) is 22.5. The monoisotopic (exact) mass is 436 g/mol. The number of hydrogen-bond acceptors (Lipinski definition) is 5. The van der Waals surface area contributed by atoms with Crippen LogP contribution in [0.3, 0.4) is 0 Å². The number of benzene rings is 1. The molecule has 3 heterocycles. The molecule has 2 saturated heterocycles. The van der Waals surface area contributed by atoms with Crippen molar-refractivity contribution < 1.29 is 9.90 Å². The van der Waals surface area contributed by atoms with Gasteiger partial charge in [-0.1, -0.05) is 31.2 Å². The molecule has 0 saturated carbocycles. The van der Waals surface area contributed by atoms with Crippen LogP contribution in [-0.4, -0.2) is 83.0 Å². The number of amides is 1. The molecule has 0 spiro atoms. The number of piperidine rings is 1. The van der Waals surface area contributed by atoms with Crippen LogP contribution < -0.4 is 0 Å². The highest BCUT2D eigenvalue weighted by atomic mass is 16.3. The van der Waals surface area contributed by atoms with Crippen molar-refractivity contribution in [1.29, 1.82) is 0 Å². The van der Waals surface area contributed by atoms with Gasteiger partial charge in [-0.3, -0.25) is 9.69 Å². The molecule has 0 radical (unpaired) electrons. The van der Waals surface area contributed by atoms with Crippen molar-refractivity contribution in [2.24, 2.45) is 4.99 Å². The molecule has 1 aromatic carbocycles. The van der Waals surface area contributed by atoms with E-state index in [1.54, 1.807) is 0 Å². The average molecular weight is 437 g/mol. The maximum absolute atomic E-state index is 12.8. The summed E-state index contributed by atoms with van der Waals surface area (Å²) in [6.07, 6.45) is 7.98. The minimum atomic E-state index is 0.0669. The number of carbonyl (C=O) groups excluding carboxylic acids is 1. The number of amidine groups is 1. The first kappa shape index (κ1) is 22.7. The van der Waals surface area contributed by atoms with E-state index in [1.807, 2.05) is 41.4 Å². The summed E-state index contributed by atoms with van der Waals surface area (Å²) >= 11 is 0. The minimum Gasteiger partial charge on any atom is -0.392 e. The molecule has 2 fully saturated rings. The second-order valence-electron chi connectivity index (χ2n) is 9.12. The molecule has 6 nitrogen and oxygen atoms in total. The summed E-state index contributed by atoms with van der Waals surface area (Å²) in [6, 6.07) is 10.7. The van der Waals surface area contributed by atoms with Gasteiger partial charge in [0.05, 0.1) is 6.61 Å². The molecule has 0 aromatic heterocycles. The van der Waals surface area contributed by atoms with E-state index in [1.165, 1.54) is 5.57 Å². The van der Waals surface area contributed by atoms with Crippen LogP contribution in [0.1, 0.15) is 49.9 Å². The first-order valence-corrected chi connectivity index (χ1v) is 12.0. The first-order valence-electron chi connectivity index (χ1n) is 12.0. The van der Waals surface area contributed by atoms with Gasteiger partial charge in [-0.2, -0.15) is 0 Å². The van der Waals surface area contributed by atoms with Crippen molar-refractivity contribution in [2.75, 3.05) is 39.3 Å². The van der Waals surface area contributed by atoms with Gasteiger partial charge in [-0.25, -0.2) is 4.99 Å². The third kappa shape index (κ3) is 4.97. The normalized spacial score (nSPS) is 23.3. The lowest BCUT2D eigenvalue weighted by Crippen LogP contribution is -2.59. The Labute approximate surface area is 191 Å². The highest BCUT2D eigenvalue weighted by Crippen LogP contribution is 2.26. The third-order valence-electron chi connectivity index (χ3n) is 7.14. The zero-order valence-corrected chi connectivity index (χ0v) is 19.4. The van der Waals surface area contributed by atoms with E-state index in [-0.39, 0.29) is 12.5 Å². The lowest BCUT2D eigenvalue weighted by atomic mass is 9.97. The molecule has 0 aliphatic carbocycles. The van der Waals surface area contributed by atoms with E-state index >= 15 is 0 Å². The number of piperazine rings is 1. The molecular weight excluding hydrogens is 400 g/mol. The Morgan fingerprint density at radius 1 is 1.12 bits per heavy atom. The molecule has 3 aliphatic rings. The number of carbonyl (C=O) groups is 1.